The van der Waals surface area contributed by atoms with Gasteiger partial charge in [-0.25, -0.2) is 0 Å². The number of aryl methyl sites for hydroxylation is 2. The smallest absolute Gasteiger partial charge is 0.0652 e. The molecule has 0 saturated heterocycles. The summed E-state index contributed by atoms with van der Waals surface area (Å²) in [5.41, 5.74) is 4.31. The molecule has 0 aliphatic heterocycles. The highest BCUT2D eigenvalue weighted by molar-refractivity contribution is 5.28. The van der Waals surface area contributed by atoms with Gasteiger partial charge in [0.2, 0.25) is 0 Å². The van der Waals surface area contributed by atoms with Gasteiger partial charge < -0.3 is 10.1 Å². The van der Waals surface area contributed by atoms with E-state index in [0.29, 0.717) is 12.1 Å². The number of rotatable bonds is 4. The third-order valence-corrected chi connectivity index (χ3v) is 4.30. The maximum Gasteiger partial charge on any atom is 0.0652 e. The van der Waals surface area contributed by atoms with Crippen LogP contribution in [0.15, 0.2) is 18.2 Å². The molecule has 1 aliphatic carbocycles. The first-order chi connectivity index (χ1) is 8.43. The van der Waals surface area contributed by atoms with Crippen LogP contribution in [0.2, 0.25) is 0 Å². The molecule has 0 bridgehead atoms. The second-order valence-electron chi connectivity index (χ2n) is 6.21. The van der Waals surface area contributed by atoms with Gasteiger partial charge in [0.25, 0.3) is 0 Å². The highest BCUT2D eigenvalue weighted by atomic mass is 16.5. The van der Waals surface area contributed by atoms with Gasteiger partial charge in [0.15, 0.2) is 0 Å². The van der Waals surface area contributed by atoms with Gasteiger partial charge in [-0.3, -0.25) is 0 Å². The molecule has 1 saturated carbocycles. The Labute approximate surface area is 111 Å². The standard InChI is InChI=1S/C16H25NO/c1-11-6-12(2)8-13(7-11)10-17-14-9-15(18-5)16(14,3)4/h6-8,14-15,17H,9-10H2,1-5H3. The first-order valence-corrected chi connectivity index (χ1v) is 6.77. The molecule has 0 spiro atoms. The van der Waals surface area contributed by atoms with Crippen LogP contribution < -0.4 is 5.32 Å². The summed E-state index contributed by atoms with van der Waals surface area (Å²) in [5.74, 6) is 0. The van der Waals surface area contributed by atoms with Crippen molar-refractivity contribution in [3.8, 4) is 0 Å². The lowest BCUT2D eigenvalue weighted by molar-refractivity contribution is -0.0979. The Bertz CT molecular complexity index is 405. The quantitative estimate of drug-likeness (QED) is 0.882. The third kappa shape index (κ3) is 2.60. The molecule has 0 heterocycles. The Kier molecular flexibility index (Phi) is 3.79. The number of ether oxygens (including phenoxy) is 1. The van der Waals surface area contributed by atoms with Crippen molar-refractivity contribution < 1.29 is 4.74 Å². The Morgan fingerprint density at radius 2 is 1.83 bits per heavy atom. The molecule has 18 heavy (non-hydrogen) atoms. The average Bonchev–Trinajstić information content (AvgIpc) is 2.26. The highest BCUT2D eigenvalue weighted by Crippen LogP contribution is 2.42. The summed E-state index contributed by atoms with van der Waals surface area (Å²) in [6.07, 6.45) is 1.52. The molecule has 1 N–H and O–H groups in total. The first-order valence-electron chi connectivity index (χ1n) is 6.77. The monoisotopic (exact) mass is 247 g/mol. The third-order valence-electron chi connectivity index (χ3n) is 4.30. The van der Waals surface area contributed by atoms with Gasteiger partial charge in [-0.2, -0.15) is 0 Å². The number of hydrogen-bond donors (Lipinski definition) is 1. The van der Waals surface area contributed by atoms with Crippen molar-refractivity contribution in [1.29, 1.82) is 0 Å². The Balaban J connectivity index is 1.93. The molecule has 0 amide bonds. The zero-order chi connectivity index (χ0) is 13.3. The Hall–Kier alpha value is -0.860. The van der Waals surface area contributed by atoms with Crippen LogP contribution in [0.25, 0.3) is 0 Å². The van der Waals surface area contributed by atoms with Crippen LogP contribution in [0.5, 0.6) is 0 Å². The largest absolute Gasteiger partial charge is 0.381 e. The first kappa shape index (κ1) is 13.6. The summed E-state index contributed by atoms with van der Waals surface area (Å²) in [6, 6.07) is 7.31. The van der Waals surface area contributed by atoms with Gasteiger partial charge >= 0.3 is 0 Å². The minimum atomic E-state index is 0.244. The average molecular weight is 247 g/mol. The van der Waals surface area contributed by atoms with Crippen molar-refractivity contribution in [3.05, 3.63) is 34.9 Å². The molecule has 1 aliphatic rings. The van der Waals surface area contributed by atoms with Gasteiger partial charge in [-0.05, 0) is 25.8 Å². The zero-order valence-electron chi connectivity index (χ0n) is 12.2. The lowest BCUT2D eigenvalue weighted by Gasteiger charge is -2.51. The van der Waals surface area contributed by atoms with Gasteiger partial charge in [-0.15, -0.1) is 0 Å². The number of nitrogens with one attached hydrogen (secondary N) is 1. The fraction of sp³-hybridized carbons (Fsp3) is 0.625. The van der Waals surface area contributed by atoms with Gasteiger partial charge in [0.1, 0.15) is 0 Å². The molecule has 2 heteroatoms. The molecule has 2 atom stereocenters. The topological polar surface area (TPSA) is 21.3 Å². The van der Waals surface area contributed by atoms with Crippen molar-refractivity contribution in [2.75, 3.05) is 7.11 Å². The molecule has 2 rings (SSSR count). The minimum absolute atomic E-state index is 0.244. The normalized spacial score (nSPS) is 25.8. The van der Waals surface area contributed by atoms with Gasteiger partial charge in [0.05, 0.1) is 6.10 Å². The van der Waals surface area contributed by atoms with Crippen molar-refractivity contribution in [3.63, 3.8) is 0 Å². The lowest BCUT2D eigenvalue weighted by atomic mass is 9.64. The molecule has 1 fully saturated rings. The Morgan fingerprint density at radius 1 is 1.22 bits per heavy atom. The molecule has 0 aromatic heterocycles. The zero-order valence-corrected chi connectivity index (χ0v) is 12.2. The van der Waals surface area contributed by atoms with Crippen LogP contribution >= 0.6 is 0 Å². The molecule has 2 nitrogen and oxygen atoms in total. The van der Waals surface area contributed by atoms with E-state index in [-0.39, 0.29) is 5.41 Å². The summed E-state index contributed by atoms with van der Waals surface area (Å²) in [5, 5.41) is 3.66. The summed E-state index contributed by atoms with van der Waals surface area (Å²) in [4.78, 5) is 0. The van der Waals surface area contributed by atoms with E-state index in [1.807, 2.05) is 7.11 Å². The van der Waals surface area contributed by atoms with Gasteiger partial charge in [-0.1, -0.05) is 43.2 Å². The van der Waals surface area contributed by atoms with E-state index in [4.69, 9.17) is 4.74 Å². The fourth-order valence-electron chi connectivity index (χ4n) is 3.04. The highest BCUT2D eigenvalue weighted by Gasteiger charge is 2.48. The maximum atomic E-state index is 5.48. The predicted octanol–water partition coefficient (Wildman–Crippen LogP) is 3.21. The molecule has 1 aromatic carbocycles. The van der Waals surface area contributed by atoms with Crippen molar-refractivity contribution in [1.82, 2.24) is 5.32 Å². The maximum absolute atomic E-state index is 5.48. The van der Waals surface area contributed by atoms with Gasteiger partial charge in [0, 0.05) is 25.1 Å². The fourth-order valence-corrected chi connectivity index (χ4v) is 3.04. The summed E-state index contributed by atoms with van der Waals surface area (Å²) in [7, 11) is 1.81. The van der Waals surface area contributed by atoms with Crippen LogP contribution in [0.4, 0.5) is 0 Å². The van der Waals surface area contributed by atoms with E-state index < -0.39 is 0 Å². The van der Waals surface area contributed by atoms with Crippen LogP contribution in [-0.4, -0.2) is 19.3 Å². The molecule has 100 valence electrons. The van der Waals surface area contributed by atoms with Crippen LogP contribution in [0, 0.1) is 19.3 Å². The van der Waals surface area contributed by atoms with Crippen molar-refractivity contribution in [2.45, 2.75) is 52.8 Å². The number of methoxy groups -OCH3 is 1. The molecule has 0 radical (unpaired) electrons. The van der Waals surface area contributed by atoms with E-state index in [2.05, 4.69) is 51.2 Å². The molecular weight excluding hydrogens is 222 g/mol. The predicted molar refractivity (Wildman–Crippen MR) is 75.7 cm³/mol. The second kappa shape index (κ2) is 5.02. The van der Waals surface area contributed by atoms with E-state index in [9.17, 15) is 0 Å². The van der Waals surface area contributed by atoms with E-state index in [1.54, 1.807) is 0 Å². The van der Waals surface area contributed by atoms with Crippen molar-refractivity contribution >= 4 is 0 Å². The Morgan fingerprint density at radius 3 is 2.33 bits per heavy atom. The van der Waals surface area contributed by atoms with E-state index >= 15 is 0 Å². The molecule has 2 unspecified atom stereocenters. The van der Waals surface area contributed by atoms with Crippen LogP contribution in [0.3, 0.4) is 0 Å². The lowest BCUT2D eigenvalue weighted by Crippen LogP contribution is -2.60. The summed E-state index contributed by atoms with van der Waals surface area (Å²) >= 11 is 0. The molecule has 1 aromatic rings. The van der Waals surface area contributed by atoms with E-state index in [0.717, 1.165) is 13.0 Å². The SMILES string of the molecule is COC1CC(NCc2cc(C)cc(C)c2)C1(C)C. The van der Waals surface area contributed by atoms with Crippen molar-refractivity contribution in [2.24, 2.45) is 5.41 Å². The minimum Gasteiger partial charge on any atom is -0.381 e. The summed E-state index contributed by atoms with van der Waals surface area (Å²) in [6.45, 7) is 9.83. The van der Waals surface area contributed by atoms with Crippen LogP contribution in [-0.2, 0) is 11.3 Å². The van der Waals surface area contributed by atoms with Crippen LogP contribution in [0.1, 0.15) is 37.0 Å². The molecular formula is C16H25NO. The second-order valence-corrected chi connectivity index (χ2v) is 6.21. The summed E-state index contributed by atoms with van der Waals surface area (Å²) < 4.78 is 5.48. The number of hydrogen-bond acceptors (Lipinski definition) is 2. The van der Waals surface area contributed by atoms with E-state index in [1.165, 1.54) is 16.7 Å². The number of benzene rings is 1.